The summed E-state index contributed by atoms with van der Waals surface area (Å²) in [5, 5.41) is 3.46. The number of furan rings is 1. The number of fused-ring (bicyclic) bond motifs is 1. The van der Waals surface area contributed by atoms with Gasteiger partial charge in [0.25, 0.3) is 0 Å². The molecular formula is C22H30N4O. The molecule has 2 unspecified atom stereocenters. The van der Waals surface area contributed by atoms with Gasteiger partial charge in [0, 0.05) is 32.7 Å². The molecule has 0 aliphatic carbocycles. The van der Waals surface area contributed by atoms with Crippen LogP contribution >= 0.6 is 0 Å². The van der Waals surface area contributed by atoms with Gasteiger partial charge in [0.2, 0.25) is 0 Å². The molecule has 0 bridgehead atoms. The van der Waals surface area contributed by atoms with E-state index in [4.69, 9.17) is 4.42 Å². The topological polar surface area (TPSA) is 44.0 Å². The molecule has 0 saturated carbocycles. The summed E-state index contributed by atoms with van der Waals surface area (Å²) in [5.41, 5.74) is 1.43. The van der Waals surface area contributed by atoms with Crippen molar-refractivity contribution in [1.29, 1.82) is 0 Å². The van der Waals surface area contributed by atoms with E-state index >= 15 is 0 Å². The predicted molar refractivity (Wildman–Crippen MR) is 108 cm³/mol. The van der Waals surface area contributed by atoms with Crippen molar-refractivity contribution in [1.82, 2.24) is 15.1 Å². The van der Waals surface area contributed by atoms with Crippen molar-refractivity contribution in [2.24, 2.45) is 10.9 Å². The van der Waals surface area contributed by atoms with E-state index < -0.39 is 0 Å². The zero-order chi connectivity index (χ0) is 18.5. The molecule has 144 valence electrons. The average molecular weight is 367 g/mol. The Morgan fingerprint density at radius 3 is 2.81 bits per heavy atom. The highest BCUT2D eigenvalue weighted by Crippen LogP contribution is 2.31. The van der Waals surface area contributed by atoms with Crippen molar-refractivity contribution >= 4 is 5.96 Å². The van der Waals surface area contributed by atoms with Crippen LogP contribution in [-0.4, -0.2) is 48.5 Å². The van der Waals surface area contributed by atoms with Crippen LogP contribution in [0.5, 0.6) is 0 Å². The molecule has 0 amide bonds. The van der Waals surface area contributed by atoms with E-state index in [0.29, 0.717) is 12.6 Å². The van der Waals surface area contributed by atoms with Gasteiger partial charge in [-0.3, -0.25) is 9.89 Å². The minimum absolute atomic E-state index is 0.685. The van der Waals surface area contributed by atoms with Crippen LogP contribution in [-0.2, 0) is 13.1 Å². The summed E-state index contributed by atoms with van der Waals surface area (Å²) >= 11 is 0. The molecule has 2 aliphatic rings. The number of rotatable bonds is 4. The zero-order valence-corrected chi connectivity index (χ0v) is 16.2. The second-order valence-electron chi connectivity index (χ2n) is 7.64. The van der Waals surface area contributed by atoms with Gasteiger partial charge < -0.3 is 14.6 Å². The minimum atomic E-state index is 0.685. The van der Waals surface area contributed by atoms with Gasteiger partial charge in [-0.25, -0.2) is 0 Å². The first-order valence-corrected chi connectivity index (χ1v) is 10.1. The van der Waals surface area contributed by atoms with Gasteiger partial charge in [-0.15, -0.1) is 0 Å². The summed E-state index contributed by atoms with van der Waals surface area (Å²) in [4.78, 5) is 9.65. The lowest BCUT2D eigenvalue weighted by Crippen LogP contribution is -2.56. The number of hydrogen-bond acceptors (Lipinski definition) is 3. The lowest BCUT2D eigenvalue weighted by Gasteiger charge is -2.48. The van der Waals surface area contributed by atoms with Crippen molar-refractivity contribution < 1.29 is 4.42 Å². The molecule has 5 nitrogen and oxygen atoms in total. The molecule has 2 saturated heterocycles. The van der Waals surface area contributed by atoms with Crippen molar-refractivity contribution in [3.63, 3.8) is 0 Å². The molecule has 1 aromatic heterocycles. The maximum Gasteiger partial charge on any atom is 0.194 e. The van der Waals surface area contributed by atoms with E-state index in [1.807, 2.05) is 19.2 Å². The Hall–Kier alpha value is -2.27. The first-order valence-electron chi connectivity index (χ1n) is 10.1. The molecular weight excluding hydrogens is 336 g/mol. The molecule has 4 rings (SSSR count). The fraction of sp³-hybridized carbons (Fsp3) is 0.500. The largest absolute Gasteiger partial charge is 0.467 e. The van der Waals surface area contributed by atoms with Crippen LogP contribution in [0.1, 0.15) is 30.6 Å². The quantitative estimate of drug-likeness (QED) is 0.666. The maximum absolute atomic E-state index is 5.43. The van der Waals surface area contributed by atoms with Gasteiger partial charge in [0.05, 0.1) is 12.8 Å². The average Bonchev–Trinajstić information content (AvgIpc) is 3.23. The van der Waals surface area contributed by atoms with Gasteiger partial charge >= 0.3 is 0 Å². The summed E-state index contributed by atoms with van der Waals surface area (Å²) in [6, 6.07) is 15.5. The molecule has 0 spiro atoms. The number of piperidine rings is 2. The lowest BCUT2D eigenvalue weighted by atomic mass is 9.83. The summed E-state index contributed by atoms with van der Waals surface area (Å²) < 4.78 is 5.43. The normalized spacial score (nSPS) is 23.9. The number of nitrogens with one attached hydrogen (secondary N) is 1. The minimum Gasteiger partial charge on any atom is -0.467 e. The van der Waals surface area contributed by atoms with Crippen LogP contribution in [0.3, 0.4) is 0 Å². The highest BCUT2D eigenvalue weighted by Gasteiger charge is 2.36. The molecule has 2 atom stereocenters. The number of aliphatic imine (C=N–C) groups is 1. The van der Waals surface area contributed by atoms with E-state index in [2.05, 4.69) is 50.4 Å². The van der Waals surface area contributed by atoms with Crippen LogP contribution in [0.15, 0.2) is 58.1 Å². The van der Waals surface area contributed by atoms with Gasteiger partial charge in [-0.2, -0.15) is 0 Å². The first-order chi connectivity index (χ1) is 13.3. The van der Waals surface area contributed by atoms with Crippen LogP contribution in [0.2, 0.25) is 0 Å². The summed E-state index contributed by atoms with van der Waals surface area (Å²) in [5.74, 6) is 2.65. The van der Waals surface area contributed by atoms with E-state index in [0.717, 1.165) is 37.3 Å². The van der Waals surface area contributed by atoms with Crippen molar-refractivity contribution in [2.45, 2.75) is 38.4 Å². The third-order valence-corrected chi connectivity index (χ3v) is 5.92. The van der Waals surface area contributed by atoms with Crippen LogP contribution in [0, 0.1) is 5.92 Å². The number of benzene rings is 1. The Morgan fingerprint density at radius 2 is 2.04 bits per heavy atom. The monoisotopic (exact) mass is 366 g/mol. The summed E-state index contributed by atoms with van der Waals surface area (Å²) in [6.07, 6.45) is 5.54. The molecule has 0 radical (unpaired) electrons. The van der Waals surface area contributed by atoms with Gasteiger partial charge in [-0.1, -0.05) is 30.3 Å². The number of likely N-dealkylation sites (tertiary alicyclic amines) is 2. The molecule has 1 N–H and O–H groups in total. The van der Waals surface area contributed by atoms with Gasteiger partial charge in [0.15, 0.2) is 5.96 Å². The first kappa shape index (κ1) is 18.1. The highest BCUT2D eigenvalue weighted by molar-refractivity contribution is 5.79. The van der Waals surface area contributed by atoms with Crippen LogP contribution in [0.4, 0.5) is 0 Å². The highest BCUT2D eigenvalue weighted by atomic mass is 16.3. The molecule has 1 aromatic carbocycles. The predicted octanol–water partition coefficient (Wildman–Crippen LogP) is 3.34. The number of guanidine groups is 1. The standard InChI is InChI=1S/C22H30N4O/c1-23-22(24-15-20-10-6-14-27-20)26-13-11-21-19(17-26)9-5-12-25(21)16-18-7-3-2-4-8-18/h2-4,6-8,10,14,19,21H,5,9,11-13,15-17H2,1H3,(H,23,24). The fourth-order valence-electron chi connectivity index (χ4n) is 4.62. The number of nitrogens with zero attached hydrogens (tertiary/aromatic N) is 3. The zero-order valence-electron chi connectivity index (χ0n) is 16.2. The Bertz CT molecular complexity index is 728. The van der Waals surface area contributed by atoms with E-state index in [9.17, 15) is 0 Å². The fourth-order valence-corrected chi connectivity index (χ4v) is 4.62. The summed E-state index contributed by atoms with van der Waals surface area (Å²) in [6.45, 7) is 5.14. The van der Waals surface area contributed by atoms with E-state index in [1.54, 1.807) is 6.26 Å². The van der Waals surface area contributed by atoms with Gasteiger partial charge in [0.1, 0.15) is 5.76 Å². The third-order valence-electron chi connectivity index (χ3n) is 5.92. The SMILES string of the molecule is CN=C(NCc1ccco1)N1CCC2C(CCCN2Cc2ccccc2)C1. The smallest absolute Gasteiger partial charge is 0.194 e. The molecule has 5 heteroatoms. The van der Waals surface area contributed by atoms with E-state index in [-0.39, 0.29) is 0 Å². The van der Waals surface area contributed by atoms with Gasteiger partial charge in [-0.05, 0) is 49.4 Å². The molecule has 2 fully saturated rings. The molecule has 27 heavy (non-hydrogen) atoms. The summed E-state index contributed by atoms with van der Waals surface area (Å²) in [7, 11) is 1.87. The van der Waals surface area contributed by atoms with Crippen molar-refractivity contribution in [3.05, 3.63) is 60.1 Å². The van der Waals surface area contributed by atoms with Crippen LogP contribution < -0.4 is 5.32 Å². The lowest BCUT2D eigenvalue weighted by molar-refractivity contribution is 0.0372. The Balaban J connectivity index is 1.36. The Labute approximate surface area is 162 Å². The van der Waals surface area contributed by atoms with Crippen molar-refractivity contribution in [3.8, 4) is 0 Å². The van der Waals surface area contributed by atoms with E-state index in [1.165, 1.54) is 31.4 Å². The Kier molecular flexibility index (Phi) is 5.78. The van der Waals surface area contributed by atoms with Crippen LogP contribution in [0.25, 0.3) is 0 Å². The third kappa shape index (κ3) is 4.35. The Morgan fingerprint density at radius 1 is 1.15 bits per heavy atom. The number of hydrogen-bond donors (Lipinski definition) is 1. The second kappa shape index (κ2) is 8.61. The molecule has 2 aliphatic heterocycles. The maximum atomic E-state index is 5.43. The molecule has 2 aromatic rings. The second-order valence-corrected chi connectivity index (χ2v) is 7.64. The molecule has 3 heterocycles. The van der Waals surface area contributed by atoms with Crippen molar-refractivity contribution in [2.75, 3.05) is 26.7 Å².